The highest BCUT2D eigenvalue weighted by Crippen LogP contribution is 2.17. The average molecular weight is 517 g/mol. The van der Waals surface area contributed by atoms with E-state index in [-0.39, 0.29) is 18.7 Å². The van der Waals surface area contributed by atoms with Gasteiger partial charge >= 0.3 is 0 Å². The lowest BCUT2D eigenvalue weighted by molar-refractivity contribution is -0.176. The number of rotatable bonds is 23. The fraction of sp³-hybridized carbons (Fsp3) is 1.00. The molecule has 0 bridgehead atoms. The number of hydrogen-bond donors (Lipinski definition) is 0. The van der Waals surface area contributed by atoms with E-state index < -0.39 is 0 Å². The van der Waals surface area contributed by atoms with E-state index in [0.29, 0.717) is 39.1 Å². The molecule has 0 spiro atoms. The van der Waals surface area contributed by atoms with Crippen molar-refractivity contribution >= 4 is 0 Å². The lowest BCUT2D eigenvalue weighted by Gasteiger charge is -2.24. The minimum atomic E-state index is -0.0663. The first-order valence-electron chi connectivity index (χ1n) is 14.8. The van der Waals surface area contributed by atoms with E-state index in [4.69, 9.17) is 37.9 Å². The third-order valence-corrected chi connectivity index (χ3v) is 6.88. The summed E-state index contributed by atoms with van der Waals surface area (Å²) in [4.78, 5) is 0. The van der Waals surface area contributed by atoms with E-state index in [1.54, 1.807) is 0 Å². The van der Waals surface area contributed by atoms with E-state index in [9.17, 15) is 0 Å². The Morgan fingerprint density at radius 1 is 0.611 bits per heavy atom. The van der Waals surface area contributed by atoms with Crippen molar-refractivity contribution in [3.8, 4) is 0 Å². The fourth-order valence-corrected chi connectivity index (χ4v) is 4.59. The molecule has 3 aliphatic rings. The highest BCUT2D eigenvalue weighted by molar-refractivity contribution is 4.68. The van der Waals surface area contributed by atoms with Crippen LogP contribution >= 0.6 is 0 Å². The summed E-state index contributed by atoms with van der Waals surface area (Å²) in [6, 6.07) is 0. The zero-order chi connectivity index (χ0) is 24.9. The molecule has 3 heterocycles. The van der Waals surface area contributed by atoms with Gasteiger partial charge in [-0.2, -0.15) is 0 Å². The second-order valence-corrected chi connectivity index (χ2v) is 10.2. The molecule has 4 unspecified atom stereocenters. The zero-order valence-electron chi connectivity index (χ0n) is 22.5. The predicted molar refractivity (Wildman–Crippen MR) is 137 cm³/mol. The molecule has 212 valence electrons. The first-order valence-corrected chi connectivity index (χ1v) is 14.8. The van der Waals surface area contributed by atoms with Crippen LogP contribution in [0.3, 0.4) is 0 Å². The van der Waals surface area contributed by atoms with E-state index in [0.717, 1.165) is 90.8 Å². The molecule has 0 saturated carbocycles. The van der Waals surface area contributed by atoms with Crippen LogP contribution < -0.4 is 0 Å². The van der Waals surface area contributed by atoms with Crippen molar-refractivity contribution < 1.29 is 37.9 Å². The monoisotopic (exact) mass is 516 g/mol. The van der Waals surface area contributed by atoms with E-state index in [2.05, 4.69) is 0 Å². The summed E-state index contributed by atoms with van der Waals surface area (Å²) in [6.45, 7) is 7.14. The second kappa shape index (κ2) is 20.6. The molecule has 0 amide bonds. The standard InChI is InChI=1S/C28H52O8/c1(7-15-29-16-8-2-4-12-26-24-36-26)3-11-25(31-21-22-35-28-14-6-10-18-33-28)23-30-19-20-34-27-13-5-9-17-32-27/h25-28H,1-24H2. The van der Waals surface area contributed by atoms with Crippen LogP contribution in [0.15, 0.2) is 0 Å². The maximum absolute atomic E-state index is 6.12. The minimum Gasteiger partial charge on any atom is -0.381 e. The zero-order valence-corrected chi connectivity index (χ0v) is 22.5. The third-order valence-electron chi connectivity index (χ3n) is 6.88. The summed E-state index contributed by atoms with van der Waals surface area (Å²) in [7, 11) is 0. The molecule has 3 aliphatic heterocycles. The SMILES string of the molecule is C(CCOCCCCCC1CO1)CCC(COCCOC1CCCCO1)OCCOC1CCCCO1. The summed E-state index contributed by atoms with van der Waals surface area (Å²) in [5, 5.41) is 0. The molecule has 4 atom stereocenters. The summed E-state index contributed by atoms with van der Waals surface area (Å²) in [5.74, 6) is 0. The van der Waals surface area contributed by atoms with Gasteiger partial charge in [0, 0.05) is 26.4 Å². The molecule has 0 aromatic rings. The molecule has 0 aromatic heterocycles. The predicted octanol–water partition coefficient (Wildman–Crippen LogP) is 5.01. The lowest BCUT2D eigenvalue weighted by Crippen LogP contribution is -2.27. The summed E-state index contributed by atoms with van der Waals surface area (Å²) >= 11 is 0. The highest BCUT2D eigenvalue weighted by Gasteiger charge is 2.21. The van der Waals surface area contributed by atoms with Gasteiger partial charge in [-0.1, -0.05) is 25.7 Å². The van der Waals surface area contributed by atoms with Crippen LogP contribution in [0.25, 0.3) is 0 Å². The van der Waals surface area contributed by atoms with E-state index >= 15 is 0 Å². The first-order chi connectivity index (χ1) is 17.9. The van der Waals surface area contributed by atoms with Gasteiger partial charge in [-0.3, -0.25) is 0 Å². The van der Waals surface area contributed by atoms with Crippen molar-refractivity contribution in [1.82, 2.24) is 0 Å². The third kappa shape index (κ3) is 15.8. The van der Waals surface area contributed by atoms with Crippen molar-refractivity contribution in [1.29, 1.82) is 0 Å². The second-order valence-electron chi connectivity index (χ2n) is 10.2. The van der Waals surface area contributed by atoms with Gasteiger partial charge in [-0.05, 0) is 64.2 Å². The van der Waals surface area contributed by atoms with Gasteiger partial charge in [0.1, 0.15) is 0 Å². The average Bonchev–Trinajstić information content (AvgIpc) is 3.75. The number of hydrogen-bond acceptors (Lipinski definition) is 8. The van der Waals surface area contributed by atoms with Gasteiger partial charge in [0.15, 0.2) is 12.6 Å². The Morgan fingerprint density at radius 2 is 1.28 bits per heavy atom. The maximum Gasteiger partial charge on any atom is 0.157 e. The molecule has 3 rings (SSSR count). The Kier molecular flexibility index (Phi) is 17.3. The Labute approximate surface area is 218 Å². The number of ether oxygens (including phenoxy) is 8. The van der Waals surface area contributed by atoms with Crippen molar-refractivity contribution in [2.75, 3.05) is 66.1 Å². The summed E-state index contributed by atoms with van der Waals surface area (Å²) < 4.78 is 45.9. The number of epoxide rings is 1. The summed E-state index contributed by atoms with van der Waals surface area (Å²) in [5.41, 5.74) is 0. The smallest absolute Gasteiger partial charge is 0.157 e. The fourth-order valence-electron chi connectivity index (χ4n) is 4.59. The van der Waals surface area contributed by atoms with Gasteiger partial charge in [-0.25, -0.2) is 0 Å². The molecule has 8 heteroatoms. The van der Waals surface area contributed by atoms with Crippen molar-refractivity contribution in [2.24, 2.45) is 0 Å². The Balaban J connectivity index is 1.17. The normalized spacial score (nSPS) is 25.2. The van der Waals surface area contributed by atoms with Crippen LogP contribution in [-0.4, -0.2) is 90.9 Å². The molecule has 8 nitrogen and oxygen atoms in total. The van der Waals surface area contributed by atoms with E-state index in [1.165, 1.54) is 32.1 Å². The van der Waals surface area contributed by atoms with Crippen LogP contribution in [0.2, 0.25) is 0 Å². The molecule has 3 fully saturated rings. The first kappa shape index (κ1) is 30.2. The Morgan fingerprint density at radius 3 is 1.92 bits per heavy atom. The molecule has 0 radical (unpaired) electrons. The van der Waals surface area contributed by atoms with Gasteiger partial charge in [-0.15, -0.1) is 0 Å². The molecule has 0 N–H and O–H groups in total. The van der Waals surface area contributed by atoms with Gasteiger partial charge < -0.3 is 37.9 Å². The van der Waals surface area contributed by atoms with Gasteiger partial charge in [0.2, 0.25) is 0 Å². The van der Waals surface area contributed by atoms with Gasteiger partial charge in [0.05, 0.1) is 51.8 Å². The quantitative estimate of drug-likeness (QED) is 0.139. The topological polar surface area (TPSA) is 77.1 Å². The van der Waals surface area contributed by atoms with E-state index in [1.807, 2.05) is 0 Å². The summed E-state index contributed by atoms with van der Waals surface area (Å²) in [6.07, 6.45) is 16.3. The Bertz CT molecular complexity index is 492. The maximum atomic E-state index is 6.12. The molecular formula is C28H52O8. The van der Waals surface area contributed by atoms with Crippen LogP contribution in [0, 0.1) is 0 Å². The van der Waals surface area contributed by atoms with Crippen LogP contribution in [-0.2, 0) is 37.9 Å². The van der Waals surface area contributed by atoms with Crippen molar-refractivity contribution in [3.05, 3.63) is 0 Å². The van der Waals surface area contributed by atoms with Crippen molar-refractivity contribution in [2.45, 2.75) is 115 Å². The molecule has 3 saturated heterocycles. The number of unbranched alkanes of at least 4 members (excludes halogenated alkanes) is 4. The van der Waals surface area contributed by atoms with Gasteiger partial charge in [0.25, 0.3) is 0 Å². The molecule has 36 heavy (non-hydrogen) atoms. The highest BCUT2D eigenvalue weighted by atomic mass is 16.7. The largest absolute Gasteiger partial charge is 0.381 e. The molecule has 0 aromatic carbocycles. The van der Waals surface area contributed by atoms with Crippen LogP contribution in [0.5, 0.6) is 0 Å². The molecular weight excluding hydrogens is 464 g/mol. The van der Waals surface area contributed by atoms with Crippen LogP contribution in [0.1, 0.15) is 89.9 Å². The van der Waals surface area contributed by atoms with Crippen LogP contribution in [0.4, 0.5) is 0 Å². The minimum absolute atomic E-state index is 0.0619. The van der Waals surface area contributed by atoms with Crippen molar-refractivity contribution in [3.63, 3.8) is 0 Å². The molecule has 0 aliphatic carbocycles. The lowest BCUT2D eigenvalue weighted by atomic mass is 10.1. The Hall–Kier alpha value is -0.320.